The lowest BCUT2D eigenvalue weighted by atomic mass is 10.1. The molecule has 5 N–H and O–H groups in total. The maximum absolute atomic E-state index is 11.8. The normalized spacial score (nSPS) is 19.9. The summed E-state index contributed by atoms with van der Waals surface area (Å²) in [5.41, 5.74) is 7.58. The van der Waals surface area contributed by atoms with Gasteiger partial charge < -0.3 is 41.0 Å². The molecule has 0 saturated carbocycles. The number of halogens is 1. The summed E-state index contributed by atoms with van der Waals surface area (Å²) in [4.78, 5) is 27.9. The predicted octanol–water partition coefficient (Wildman–Crippen LogP) is 8.51. The first-order valence-electron chi connectivity index (χ1n) is 19.4. The minimum Gasteiger partial charge on any atom is -0.444 e. The number of rotatable bonds is 4. The Morgan fingerprint density at radius 1 is 0.667 bits per heavy atom. The second-order valence-electron chi connectivity index (χ2n) is 15.9. The summed E-state index contributed by atoms with van der Waals surface area (Å²) in [5, 5.41) is 9.06. The zero-order valence-corrected chi connectivity index (χ0v) is 34.9. The summed E-state index contributed by atoms with van der Waals surface area (Å²) in [7, 11) is 0. The van der Waals surface area contributed by atoms with Crippen molar-refractivity contribution in [3.63, 3.8) is 0 Å². The number of carbonyl (C=O) groups excluding carboxylic acids is 2. The highest BCUT2D eigenvalue weighted by Gasteiger charge is 2.24. The fraction of sp³-hybridized carbons (Fsp3) is 0.535. The second-order valence-corrected chi connectivity index (χ2v) is 16.9. The number of nitrogens with one attached hydrogen (secondary N) is 3. The minimum absolute atomic E-state index is 0.152. The van der Waals surface area contributed by atoms with E-state index in [1.807, 2.05) is 96.1 Å². The summed E-state index contributed by atoms with van der Waals surface area (Å²) in [6.07, 6.45) is 5.98. The van der Waals surface area contributed by atoms with Crippen molar-refractivity contribution in [2.45, 2.75) is 109 Å². The Morgan fingerprint density at radius 2 is 1.11 bits per heavy atom. The smallest absolute Gasteiger partial charge is 0.407 e. The van der Waals surface area contributed by atoms with E-state index in [9.17, 15) is 9.59 Å². The number of hydrogen-bond donors (Lipinski definition) is 4. The van der Waals surface area contributed by atoms with E-state index in [4.69, 9.17) is 15.2 Å². The summed E-state index contributed by atoms with van der Waals surface area (Å²) in [6, 6.07) is 31.5. The van der Waals surface area contributed by atoms with Crippen LogP contribution in [0.25, 0.3) is 0 Å². The lowest BCUT2D eigenvalue weighted by molar-refractivity contribution is 0.0486. The van der Waals surface area contributed by atoms with E-state index in [0.717, 1.165) is 69.4 Å². The van der Waals surface area contributed by atoms with Gasteiger partial charge in [-0.25, -0.2) is 9.59 Å². The molecule has 54 heavy (non-hydrogen) atoms. The Labute approximate surface area is 333 Å². The molecular weight excluding hydrogens is 744 g/mol. The summed E-state index contributed by atoms with van der Waals surface area (Å²) in [6.45, 7) is 17.2. The van der Waals surface area contributed by atoms with Gasteiger partial charge in [-0.3, -0.25) is 0 Å². The van der Waals surface area contributed by atoms with Gasteiger partial charge in [0.15, 0.2) is 0 Å². The van der Waals surface area contributed by atoms with Crippen molar-refractivity contribution in [3.8, 4) is 0 Å². The number of anilines is 2. The van der Waals surface area contributed by atoms with Crippen LogP contribution in [0.15, 0.2) is 95.5 Å². The molecule has 298 valence electrons. The molecule has 3 saturated heterocycles. The Morgan fingerprint density at radius 3 is 1.54 bits per heavy atom. The van der Waals surface area contributed by atoms with E-state index in [1.54, 1.807) is 0 Å². The average molecular weight is 810 g/mol. The minimum atomic E-state index is -0.447. The van der Waals surface area contributed by atoms with E-state index < -0.39 is 11.2 Å². The van der Waals surface area contributed by atoms with Crippen LogP contribution < -0.4 is 31.5 Å². The number of nitrogens with zero attached hydrogens (tertiary/aromatic N) is 2. The van der Waals surface area contributed by atoms with Crippen molar-refractivity contribution in [2.24, 2.45) is 5.73 Å². The van der Waals surface area contributed by atoms with Crippen molar-refractivity contribution in [3.05, 3.63) is 95.5 Å². The maximum Gasteiger partial charge on any atom is 0.407 e. The summed E-state index contributed by atoms with van der Waals surface area (Å²) < 4.78 is 11.6. The number of para-hydroxylation sites is 2. The quantitative estimate of drug-likeness (QED) is 0.207. The number of benzene rings is 3. The summed E-state index contributed by atoms with van der Waals surface area (Å²) in [5.74, 6) is 0. The molecule has 3 fully saturated rings. The molecule has 10 nitrogen and oxygen atoms in total. The van der Waals surface area contributed by atoms with Gasteiger partial charge >= 0.3 is 12.2 Å². The van der Waals surface area contributed by atoms with Crippen molar-refractivity contribution in [1.29, 1.82) is 0 Å². The lowest BCUT2D eigenvalue weighted by Gasteiger charge is -2.35. The van der Waals surface area contributed by atoms with Crippen molar-refractivity contribution in [2.75, 3.05) is 49.1 Å². The molecule has 0 radical (unpaired) electrons. The molecule has 6 rings (SSSR count). The van der Waals surface area contributed by atoms with Crippen molar-refractivity contribution >= 4 is 39.5 Å². The molecule has 3 aliphatic rings. The third-order valence-electron chi connectivity index (χ3n) is 8.59. The zero-order chi connectivity index (χ0) is 39.4. The summed E-state index contributed by atoms with van der Waals surface area (Å²) >= 11 is 3.31. The fourth-order valence-electron chi connectivity index (χ4n) is 6.19. The van der Waals surface area contributed by atoms with Gasteiger partial charge in [-0.1, -0.05) is 70.5 Å². The van der Waals surface area contributed by atoms with Crippen LogP contribution in [-0.4, -0.2) is 80.8 Å². The topological polar surface area (TPSA) is 121 Å². The Bertz CT molecular complexity index is 1460. The van der Waals surface area contributed by atoms with Gasteiger partial charge in [-0.05, 0) is 123 Å². The number of ether oxygens (including phenoxy) is 2. The molecule has 3 aromatic carbocycles. The monoisotopic (exact) mass is 808 g/mol. The largest absolute Gasteiger partial charge is 0.444 e. The van der Waals surface area contributed by atoms with Gasteiger partial charge in [0.05, 0.1) is 0 Å². The Balaban J connectivity index is 0.000000204. The third-order valence-corrected chi connectivity index (χ3v) is 9.12. The number of carbonyl (C=O) groups is 2. The van der Waals surface area contributed by atoms with Crippen LogP contribution in [-0.2, 0) is 9.47 Å². The van der Waals surface area contributed by atoms with Gasteiger partial charge in [0.2, 0.25) is 0 Å². The molecule has 3 atom stereocenters. The number of alkyl carbamates (subject to hydrolysis) is 2. The molecule has 0 aromatic heterocycles. The number of hydrogen-bond acceptors (Lipinski definition) is 8. The third kappa shape index (κ3) is 19.5. The van der Waals surface area contributed by atoms with E-state index in [-0.39, 0.29) is 24.3 Å². The van der Waals surface area contributed by atoms with Gasteiger partial charge in [-0.2, -0.15) is 0 Å². The van der Waals surface area contributed by atoms with Crippen molar-refractivity contribution < 1.29 is 19.1 Å². The van der Waals surface area contributed by atoms with Gasteiger partial charge in [0.25, 0.3) is 0 Å². The van der Waals surface area contributed by atoms with Crippen LogP contribution in [0.3, 0.4) is 0 Å². The molecule has 0 spiro atoms. The van der Waals surface area contributed by atoms with E-state index in [2.05, 4.69) is 78.1 Å². The first kappa shape index (κ1) is 44.6. The SMILES string of the molecule is Brc1ccccc1.CC(C)(C)OC(=O)NC1CCCN(c2ccccc2)C1.CC(C)(C)OC(=O)NC1CCCNC1.NC1CCCN(c2ccccc2)C1. The van der Waals surface area contributed by atoms with Gasteiger partial charge in [0, 0.05) is 66.7 Å². The second kappa shape index (κ2) is 23.2. The Kier molecular flexibility index (Phi) is 19.2. The number of nitrogens with two attached hydrogens (primary N) is 1. The molecular formula is C43H65BrN6O4. The first-order chi connectivity index (χ1) is 25.7. The van der Waals surface area contributed by atoms with Crippen LogP contribution in [0, 0.1) is 0 Å². The molecule has 11 heteroatoms. The van der Waals surface area contributed by atoms with Gasteiger partial charge in [-0.15, -0.1) is 0 Å². The van der Waals surface area contributed by atoms with E-state index >= 15 is 0 Å². The Hall–Kier alpha value is -3.80. The van der Waals surface area contributed by atoms with E-state index in [1.165, 1.54) is 24.2 Å². The van der Waals surface area contributed by atoms with Crippen LogP contribution in [0.2, 0.25) is 0 Å². The lowest BCUT2D eigenvalue weighted by Crippen LogP contribution is -2.49. The molecule has 0 aliphatic carbocycles. The number of amides is 2. The van der Waals surface area contributed by atoms with E-state index in [0.29, 0.717) is 6.04 Å². The standard InChI is InChI=1S/C16H24N2O2.C11H16N2.C10H20N2O2.C6H5Br/c1-16(2,3)20-15(19)17-13-8-7-11-18(12-13)14-9-5-4-6-10-14;12-10-5-4-8-13(9-10)11-6-2-1-3-7-11;1-10(2,3)14-9(13)12-8-5-4-6-11-7-8;7-6-4-2-1-3-5-6/h4-6,9-10,13H,7-8,11-12H2,1-3H3,(H,17,19);1-3,6-7,10H,4-5,8-9,12H2;8,11H,4-7H2,1-3H3,(H,12,13);1-5H. The highest BCUT2D eigenvalue weighted by Crippen LogP contribution is 2.20. The molecule has 2 amide bonds. The van der Waals surface area contributed by atoms with Gasteiger partial charge in [0.1, 0.15) is 11.2 Å². The zero-order valence-electron chi connectivity index (χ0n) is 33.4. The fourth-order valence-corrected chi connectivity index (χ4v) is 6.49. The molecule has 3 aliphatic heterocycles. The highest BCUT2D eigenvalue weighted by atomic mass is 79.9. The number of piperidine rings is 3. The van der Waals surface area contributed by atoms with Crippen LogP contribution in [0.1, 0.15) is 80.1 Å². The molecule has 3 unspecified atom stereocenters. The van der Waals surface area contributed by atoms with Crippen LogP contribution >= 0.6 is 15.9 Å². The highest BCUT2D eigenvalue weighted by molar-refractivity contribution is 9.10. The van der Waals surface area contributed by atoms with Crippen molar-refractivity contribution in [1.82, 2.24) is 16.0 Å². The average Bonchev–Trinajstić information content (AvgIpc) is 3.12. The van der Waals surface area contributed by atoms with Crippen LogP contribution in [0.5, 0.6) is 0 Å². The maximum atomic E-state index is 11.8. The first-order valence-corrected chi connectivity index (χ1v) is 20.2. The van der Waals surface area contributed by atoms with Crippen LogP contribution in [0.4, 0.5) is 21.0 Å². The molecule has 3 heterocycles. The predicted molar refractivity (Wildman–Crippen MR) is 226 cm³/mol. The molecule has 0 bridgehead atoms. The molecule has 3 aromatic rings.